The highest BCUT2D eigenvalue weighted by Gasteiger charge is 2.06. The number of nitrogens with two attached hydrogens (primary N) is 1. The lowest BCUT2D eigenvalue weighted by Gasteiger charge is -2.12. The molecule has 0 aliphatic heterocycles. The molecule has 0 radical (unpaired) electrons. The molecule has 2 rings (SSSR count). The van der Waals surface area contributed by atoms with Crippen molar-refractivity contribution < 1.29 is 4.74 Å². The number of benzene rings is 2. The van der Waals surface area contributed by atoms with Gasteiger partial charge in [-0.3, -0.25) is 0 Å². The number of thioether (sulfide) groups is 1. The van der Waals surface area contributed by atoms with E-state index in [1.165, 1.54) is 4.90 Å². The summed E-state index contributed by atoms with van der Waals surface area (Å²) < 4.78 is 5.95. The van der Waals surface area contributed by atoms with Gasteiger partial charge in [0.15, 0.2) is 0 Å². The van der Waals surface area contributed by atoms with Crippen molar-refractivity contribution in [3.8, 4) is 11.5 Å². The minimum atomic E-state index is 0.128. The van der Waals surface area contributed by atoms with Gasteiger partial charge in [-0.05, 0) is 55.5 Å². The zero-order valence-corrected chi connectivity index (χ0v) is 12.1. The van der Waals surface area contributed by atoms with Crippen LogP contribution in [0.15, 0.2) is 53.4 Å². The molecule has 0 bridgehead atoms. The van der Waals surface area contributed by atoms with Crippen LogP contribution in [0, 0.1) is 0 Å². The van der Waals surface area contributed by atoms with Gasteiger partial charge in [0.1, 0.15) is 11.5 Å². The minimum absolute atomic E-state index is 0.128. The Labute approximate surface area is 119 Å². The van der Waals surface area contributed by atoms with Gasteiger partial charge in [0.25, 0.3) is 0 Å². The van der Waals surface area contributed by atoms with Gasteiger partial charge in [0.05, 0.1) is 0 Å². The molecule has 1 atom stereocenters. The van der Waals surface area contributed by atoms with Crippen molar-refractivity contribution in [2.24, 2.45) is 5.73 Å². The SMILES string of the molecule is CSc1ccc(Oc2ccccc2CC(C)N)cc1. The average molecular weight is 273 g/mol. The third-order valence-corrected chi connectivity index (χ3v) is 3.55. The summed E-state index contributed by atoms with van der Waals surface area (Å²) in [6.07, 6.45) is 2.88. The molecule has 0 heterocycles. The molecular formula is C16H19NOS. The summed E-state index contributed by atoms with van der Waals surface area (Å²) in [5, 5.41) is 0. The Morgan fingerprint density at radius 1 is 1.11 bits per heavy atom. The molecule has 3 heteroatoms. The van der Waals surface area contributed by atoms with Crippen molar-refractivity contribution in [2.75, 3.05) is 6.26 Å². The second-order valence-electron chi connectivity index (χ2n) is 4.57. The highest BCUT2D eigenvalue weighted by atomic mass is 32.2. The van der Waals surface area contributed by atoms with Crippen LogP contribution in [0.25, 0.3) is 0 Å². The average Bonchev–Trinajstić information content (AvgIpc) is 2.41. The molecule has 0 fully saturated rings. The van der Waals surface area contributed by atoms with Crippen LogP contribution in [0.5, 0.6) is 11.5 Å². The smallest absolute Gasteiger partial charge is 0.130 e. The molecule has 0 spiro atoms. The zero-order valence-electron chi connectivity index (χ0n) is 11.3. The van der Waals surface area contributed by atoms with E-state index >= 15 is 0 Å². The number of para-hydroxylation sites is 1. The van der Waals surface area contributed by atoms with Crippen molar-refractivity contribution in [2.45, 2.75) is 24.3 Å². The van der Waals surface area contributed by atoms with E-state index in [9.17, 15) is 0 Å². The maximum atomic E-state index is 5.95. The number of hydrogen-bond acceptors (Lipinski definition) is 3. The largest absolute Gasteiger partial charge is 0.457 e. The van der Waals surface area contributed by atoms with E-state index in [1.807, 2.05) is 37.3 Å². The first-order valence-electron chi connectivity index (χ1n) is 6.34. The van der Waals surface area contributed by atoms with Gasteiger partial charge in [-0.1, -0.05) is 18.2 Å². The third-order valence-electron chi connectivity index (χ3n) is 2.80. The van der Waals surface area contributed by atoms with Crippen LogP contribution < -0.4 is 10.5 Å². The Bertz CT molecular complexity index is 523. The Morgan fingerprint density at radius 2 is 1.79 bits per heavy atom. The molecule has 0 saturated carbocycles. The van der Waals surface area contributed by atoms with Gasteiger partial charge < -0.3 is 10.5 Å². The molecule has 0 amide bonds. The number of ether oxygens (including phenoxy) is 1. The topological polar surface area (TPSA) is 35.2 Å². The number of hydrogen-bond donors (Lipinski definition) is 1. The van der Waals surface area contributed by atoms with Crippen LogP contribution in [-0.4, -0.2) is 12.3 Å². The molecule has 2 nitrogen and oxygen atoms in total. The van der Waals surface area contributed by atoms with Gasteiger partial charge in [0.2, 0.25) is 0 Å². The summed E-state index contributed by atoms with van der Waals surface area (Å²) >= 11 is 1.72. The first-order chi connectivity index (χ1) is 9.19. The van der Waals surface area contributed by atoms with Gasteiger partial charge >= 0.3 is 0 Å². The van der Waals surface area contributed by atoms with E-state index < -0.39 is 0 Å². The lowest BCUT2D eigenvalue weighted by Crippen LogP contribution is -2.18. The second kappa shape index (κ2) is 6.64. The first kappa shape index (κ1) is 14.0. The van der Waals surface area contributed by atoms with Crippen LogP contribution in [0.4, 0.5) is 0 Å². The van der Waals surface area contributed by atoms with E-state index in [4.69, 9.17) is 10.5 Å². The summed E-state index contributed by atoms with van der Waals surface area (Å²) in [6, 6.07) is 16.3. The van der Waals surface area contributed by atoms with Crippen molar-refractivity contribution >= 4 is 11.8 Å². The van der Waals surface area contributed by atoms with Crippen LogP contribution in [0.3, 0.4) is 0 Å². The van der Waals surface area contributed by atoms with E-state index in [0.717, 1.165) is 23.5 Å². The summed E-state index contributed by atoms with van der Waals surface area (Å²) in [6.45, 7) is 2.00. The predicted octanol–water partition coefficient (Wildman–Crippen LogP) is 4.09. The maximum absolute atomic E-state index is 5.95. The maximum Gasteiger partial charge on any atom is 0.130 e. The molecule has 2 aromatic rings. The van der Waals surface area contributed by atoms with Gasteiger partial charge in [-0.15, -0.1) is 11.8 Å². The Hall–Kier alpha value is -1.45. The highest BCUT2D eigenvalue weighted by molar-refractivity contribution is 7.98. The fourth-order valence-electron chi connectivity index (χ4n) is 1.89. The third kappa shape index (κ3) is 4.01. The minimum Gasteiger partial charge on any atom is -0.457 e. The van der Waals surface area contributed by atoms with Crippen molar-refractivity contribution in [1.82, 2.24) is 0 Å². The molecule has 0 aromatic heterocycles. The monoisotopic (exact) mass is 273 g/mol. The molecule has 1 unspecified atom stereocenters. The zero-order chi connectivity index (χ0) is 13.7. The molecule has 0 saturated heterocycles. The molecule has 0 aliphatic rings. The summed E-state index contributed by atoms with van der Waals surface area (Å²) in [5.41, 5.74) is 7.01. The fraction of sp³-hybridized carbons (Fsp3) is 0.250. The van der Waals surface area contributed by atoms with Gasteiger partial charge in [-0.2, -0.15) is 0 Å². The van der Waals surface area contributed by atoms with Crippen molar-refractivity contribution in [1.29, 1.82) is 0 Å². The molecule has 19 heavy (non-hydrogen) atoms. The van der Waals surface area contributed by atoms with Crippen LogP contribution in [-0.2, 0) is 6.42 Å². The quantitative estimate of drug-likeness (QED) is 0.833. The fourth-order valence-corrected chi connectivity index (χ4v) is 2.30. The van der Waals surface area contributed by atoms with Crippen LogP contribution >= 0.6 is 11.8 Å². The van der Waals surface area contributed by atoms with E-state index in [2.05, 4.69) is 24.5 Å². The Kier molecular flexibility index (Phi) is 4.88. The summed E-state index contributed by atoms with van der Waals surface area (Å²) in [7, 11) is 0. The van der Waals surface area contributed by atoms with Gasteiger partial charge in [-0.25, -0.2) is 0 Å². The number of rotatable bonds is 5. The molecule has 2 N–H and O–H groups in total. The first-order valence-corrected chi connectivity index (χ1v) is 7.57. The van der Waals surface area contributed by atoms with Crippen molar-refractivity contribution in [3.05, 3.63) is 54.1 Å². The highest BCUT2D eigenvalue weighted by Crippen LogP contribution is 2.27. The van der Waals surface area contributed by atoms with Gasteiger partial charge in [0, 0.05) is 10.9 Å². The second-order valence-corrected chi connectivity index (χ2v) is 5.45. The standard InChI is InChI=1S/C16H19NOS/c1-12(17)11-13-5-3-4-6-16(13)18-14-7-9-15(19-2)10-8-14/h3-10,12H,11,17H2,1-2H3. The molecule has 2 aromatic carbocycles. The van der Waals surface area contributed by atoms with Crippen LogP contribution in [0.2, 0.25) is 0 Å². The van der Waals surface area contributed by atoms with Crippen LogP contribution in [0.1, 0.15) is 12.5 Å². The van der Waals surface area contributed by atoms with E-state index in [-0.39, 0.29) is 6.04 Å². The molecule has 0 aliphatic carbocycles. The summed E-state index contributed by atoms with van der Waals surface area (Å²) in [5.74, 6) is 1.74. The van der Waals surface area contributed by atoms with Crippen molar-refractivity contribution in [3.63, 3.8) is 0 Å². The lowest BCUT2D eigenvalue weighted by molar-refractivity contribution is 0.473. The van der Waals surface area contributed by atoms with E-state index in [0.29, 0.717) is 0 Å². The normalized spacial score (nSPS) is 12.2. The Morgan fingerprint density at radius 3 is 2.42 bits per heavy atom. The van der Waals surface area contributed by atoms with E-state index in [1.54, 1.807) is 11.8 Å². The predicted molar refractivity (Wildman–Crippen MR) is 82.1 cm³/mol. The molecule has 100 valence electrons. The lowest BCUT2D eigenvalue weighted by atomic mass is 10.1. The molecular weight excluding hydrogens is 254 g/mol. The summed E-state index contributed by atoms with van der Waals surface area (Å²) in [4.78, 5) is 1.23. The Balaban J connectivity index is 2.17.